The van der Waals surface area contributed by atoms with Gasteiger partial charge in [-0.1, -0.05) is 73.7 Å². The molecule has 4 aromatic rings. The quantitative estimate of drug-likeness (QED) is 0.176. The van der Waals surface area contributed by atoms with Crippen molar-refractivity contribution in [3.63, 3.8) is 0 Å². The smallest absolute Gasteiger partial charge is 0.224 e. The third-order valence-corrected chi connectivity index (χ3v) is 7.98. The number of allylic oxidation sites excluding steroid dienone is 1. The van der Waals surface area contributed by atoms with Crippen molar-refractivity contribution in [1.29, 1.82) is 0 Å². The van der Waals surface area contributed by atoms with Crippen molar-refractivity contribution in [2.75, 3.05) is 10.2 Å². The van der Waals surface area contributed by atoms with E-state index in [9.17, 15) is 9.59 Å². The molecule has 2 heterocycles. The van der Waals surface area contributed by atoms with Crippen molar-refractivity contribution in [3.8, 4) is 22.4 Å². The van der Waals surface area contributed by atoms with Crippen LogP contribution in [0.1, 0.15) is 58.1 Å². The van der Waals surface area contributed by atoms with Crippen LogP contribution >= 0.6 is 0 Å². The first-order chi connectivity index (χ1) is 19.9. The Balaban J connectivity index is 1.50. The molecular weight excluding hydrogens is 510 g/mol. The van der Waals surface area contributed by atoms with E-state index in [0.29, 0.717) is 6.42 Å². The van der Waals surface area contributed by atoms with E-state index in [-0.39, 0.29) is 29.8 Å². The van der Waals surface area contributed by atoms with E-state index in [0.717, 1.165) is 58.6 Å². The van der Waals surface area contributed by atoms with E-state index in [4.69, 9.17) is 0 Å². The molecule has 41 heavy (non-hydrogen) atoms. The Morgan fingerprint density at radius 3 is 2.41 bits per heavy atom. The summed E-state index contributed by atoms with van der Waals surface area (Å²) in [6, 6.07) is 24.2. The van der Waals surface area contributed by atoms with Crippen molar-refractivity contribution < 1.29 is 9.59 Å². The van der Waals surface area contributed by atoms with Gasteiger partial charge in [-0.2, -0.15) is 0 Å². The molecule has 3 aromatic carbocycles. The Morgan fingerprint density at radius 1 is 1.00 bits per heavy atom. The summed E-state index contributed by atoms with van der Waals surface area (Å²) in [5.74, 6) is 0.145. The van der Waals surface area contributed by atoms with Gasteiger partial charge in [0.1, 0.15) is 5.69 Å². The summed E-state index contributed by atoms with van der Waals surface area (Å²) >= 11 is 0. The topological polar surface area (TPSA) is 80.1 Å². The van der Waals surface area contributed by atoms with Crippen LogP contribution in [0.5, 0.6) is 0 Å². The van der Waals surface area contributed by atoms with Crippen molar-refractivity contribution in [2.24, 2.45) is 5.92 Å². The predicted octanol–water partition coefficient (Wildman–Crippen LogP) is 7.28. The van der Waals surface area contributed by atoms with E-state index < -0.39 is 0 Å². The molecule has 0 fully saturated rings. The number of carbonyl (C=O) groups excluding carboxylic acids is 2. The maximum absolute atomic E-state index is 12.9. The van der Waals surface area contributed by atoms with Crippen LogP contribution in [0.3, 0.4) is 0 Å². The summed E-state index contributed by atoms with van der Waals surface area (Å²) in [7, 11) is 0. The Kier molecular flexibility index (Phi) is 8.43. The molecule has 0 saturated heterocycles. The molecule has 210 valence electrons. The molecule has 1 N–H and O–H groups in total. The Hall–Kier alpha value is -4.52. The van der Waals surface area contributed by atoms with E-state index in [1.54, 1.807) is 6.92 Å². The van der Waals surface area contributed by atoms with Crippen LogP contribution in [-0.2, 0) is 9.59 Å². The monoisotopic (exact) mass is 547 g/mol. The molecule has 0 saturated carbocycles. The molecule has 1 aliphatic rings. The fourth-order valence-corrected chi connectivity index (χ4v) is 5.97. The van der Waals surface area contributed by atoms with E-state index >= 15 is 0 Å². The molecule has 1 aliphatic heterocycles. The molecule has 0 spiro atoms. The molecule has 7 heteroatoms. The SMILES string of the molecule is C=CCCCC(=O)Nc1ccc(-c2ccc3c(c2)[C@H](n2cc(-c4ccccc4)nn2)[C@@H](C)[C@@H](CC)N3C(C)=O)cc1. The van der Waals surface area contributed by atoms with Gasteiger partial charge in [-0.25, -0.2) is 4.68 Å². The van der Waals surface area contributed by atoms with Crippen LogP contribution in [-0.4, -0.2) is 32.9 Å². The van der Waals surface area contributed by atoms with Crippen LogP contribution in [0.2, 0.25) is 0 Å². The van der Waals surface area contributed by atoms with Gasteiger partial charge >= 0.3 is 0 Å². The number of rotatable bonds is 9. The number of unbranched alkanes of at least 4 members (excludes halogenated alkanes) is 1. The van der Waals surface area contributed by atoms with Gasteiger partial charge in [0.2, 0.25) is 11.8 Å². The zero-order valence-corrected chi connectivity index (χ0v) is 24.0. The summed E-state index contributed by atoms with van der Waals surface area (Å²) in [6.07, 6.45) is 6.76. The second-order valence-corrected chi connectivity index (χ2v) is 10.7. The summed E-state index contributed by atoms with van der Waals surface area (Å²) < 4.78 is 1.96. The van der Waals surface area contributed by atoms with Crippen molar-refractivity contribution >= 4 is 23.2 Å². The lowest BCUT2D eigenvalue weighted by Gasteiger charge is -2.44. The lowest BCUT2D eigenvalue weighted by molar-refractivity contribution is -0.117. The van der Waals surface area contributed by atoms with Crippen LogP contribution in [0.4, 0.5) is 11.4 Å². The lowest BCUT2D eigenvalue weighted by atomic mass is 9.80. The molecule has 3 atom stereocenters. The van der Waals surface area contributed by atoms with Gasteiger partial charge in [0.05, 0.1) is 12.2 Å². The largest absolute Gasteiger partial charge is 0.326 e. The molecule has 2 amide bonds. The minimum atomic E-state index is -0.0930. The van der Waals surface area contributed by atoms with Gasteiger partial charge in [-0.15, -0.1) is 11.7 Å². The number of aromatic nitrogens is 3. The third-order valence-electron chi connectivity index (χ3n) is 7.98. The third kappa shape index (κ3) is 5.85. The summed E-state index contributed by atoms with van der Waals surface area (Å²) in [6.45, 7) is 9.67. The minimum absolute atomic E-state index is 0.00252. The van der Waals surface area contributed by atoms with Crippen LogP contribution in [0.15, 0.2) is 91.6 Å². The second-order valence-electron chi connectivity index (χ2n) is 10.7. The fraction of sp³-hybridized carbons (Fsp3) is 0.294. The summed E-state index contributed by atoms with van der Waals surface area (Å²) in [5, 5.41) is 12.1. The van der Waals surface area contributed by atoms with E-state index in [1.165, 1.54) is 0 Å². The van der Waals surface area contributed by atoms with Crippen molar-refractivity contribution in [1.82, 2.24) is 15.0 Å². The molecule has 7 nitrogen and oxygen atoms in total. The van der Waals surface area contributed by atoms with Gasteiger partial charge in [0.25, 0.3) is 0 Å². The highest BCUT2D eigenvalue weighted by molar-refractivity contribution is 5.94. The first-order valence-corrected chi connectivity index (χ1v) is 14.3. The van der Waals surface area contributed by atoms with Crippen LogP contribution in [0.25, 0.3) is 22.4 Å². The molecule has 0 radical (unpaired) electrons. The second kappa shape index (κ2) is 12.3. The number of fused-ring (bicyclic) bond motifs is 1. The summed E-state index contributed by atoms with van der Waals surface area (Å²) in [5.41, 5.74) is 6.62. The number of nitrogens with one attached hydrogen (secondary N) is 1. The summed E-state index contributed by atoms with van der Waals surface area (Å²) in [4.78, 5) is 27.1. The average Bonchev–Trinajstić information content (AvgIpc) is 3.47. The maximum atomic E-state index is 12.9. The maximum Gasteiger partial charge on any atom is 0.224 e. The molecule has 5 rings (SSSR count). The molecule has 0 bridgehead atoms. The number of anilines is 2. The first-order valence-electron chi connectivity index (χ1n) is 14.3. The number of carbonyl (C=O) groups is 2. The number of amides is 2. The van der Waals surface area contributed by atoms with Crippen molar-refractivity contribution in [2.45, 2.75) is 58.5 Å². The highest BCUT2D eigenvalue weighted by Gasteiger charge is 2.41. The fourth-order valence-electron chi connectivity index (χ4n) is 5.97. The van der Waals surface area contributed by atoms with Crippen LogP contribution < -0.4 is 10.2 Å². The molecule has 0 unspecified atom stereocenters. The number of nitrogens with zero attached hydrogens (tertiary/aromatic N) is 4. The van der Waals surface area contributed by atoms with Gasteiger partial charge in [-0.3, -0.25) is 9.59 Å². The Bertz CT molecular complexity index is 1530. The standard InChI is InChI=1S/C34H37N5O2/c1-5-7-9-14-33(41)35-28-18-15-25(16-19-28)27-17-20-32-29(21-27)34(23(3)31(6-2)39(32)24(4)40)38-22-30(36-37-38)26-12-10-8-11-13-26/h5,8,10-13,15-23,31,34H,1,6-7,9,14H2,2-4H3,(H,35,41)/t23-,31+,34+/m0/s1. The van der Waals surface area contributed by atoms with E-state index in [1.807, 2.05) is 76.5 Å². The number of hydrogen-bond donors (Lipinski definition) is 1. The number of benzene rings is 3. The van der Waals surface area contributed by atoms with Gasteiger partial charge in [0, 0.05) is 47.8 Å². The number of hydrogen-bond acceptors (Lipinski definition) is 4. The molecule has 0 aliphatic carbocycles. The highest BCUT2D eigenvalue weighted by atomic mass is 16.2. The zero-order chi connectivity index (χ0) is 28.9. The minimum Gasteiger partial charge on any atom is -0.326 e. The van der Waals surface area contributed by atoms with E-state index in [2.05, 4.69) is 54.3 Å². The van der Waals surface area contributed by atoms with Gasteiger partial charge in [0.15, 0.2) is 0 Å². The zero-order valence-electron chi connectivity index (χ0n) is 24.0. The normalized spacial score (nSPS) is 18.0. The average molecular weight is 548 g/mol. The molecular formula is C34H37N5O2. The van der Waals surface area contributed by atoms with Crippen LogP contribution in [0, 0.1) is 5.92 Å². The van der Waals surface area contributed by atoms with Gasteiger partial charge < -0.3 is 10.2 Å². The predicted molar refractivity (Wildman–Crippen MR) is 165 cm³/mol. The lowest BCUT2D eigenvalue weighted by Crippen LogP contribution is -2.49. The Morgan fingerprint density at radius 2 is 1.73 bits per heavy atom. The van der Waals surface area contributed by atoms with Gasteiger partial charge in [-0.05, 0) is 54.7 Å². The first kappa shape index (κ1) is 28.0. The highest BCUT2D eigenvalue weighted by Crippen LogP contribution is 2.45. The Labute approximate surface area is 241 Å². The molecule has 1 aromatic heterocycles. The van der Waals surface area contributed by atoms with Crippen molar-refractivity contribution in [3.05, 3.63) is 97.2 Å².